The average Bonchev–Trinajstić information content (AvgIpc) is 2.82. The molecule has 1 aromatic rings. The minimum atomic E-state index is -0.532. The zero-order chi connectivity index (χ0) is 19.1. The number of rotatable bonds is 10. The maximum Gasteiger partial charge on any atom is 0.254 e. The molecule has 0 bridgehead atoms. The van der Waals surface area contributed by atoms with Crippen molar-refractivity contribution in [1.82, 2.24) is 5.32 Å². The van der Waals surface area contributed by atoms with Crippen LogP contribution in [-0.4, -0.2) is 18.4 Å². The van der Waals surface area contributed by atoms with Gasteiger partial charge in [-0.15, -0.1) is 0 Å². The van der Waals surface area contributed by atoms with Crippen LogP contribution in [0.3, 0.4) is 0 Å². The van der Waals surface area contributed by atoms with Crippen LogP contribution in [0, 0.1) is 13.8 Å². The van der Waals surface area contributed by atoms with Gasteiger partial charge in [0.05, 0.1) is 5.69 Å². The summed E-state index contributed by atoms with van der Waals surface area (Å²) in [5, 5.41) is 2.83. The number of aryl methyl sites for hydroxylation is 2. The van der Waals surface area contributed by atoms with Gasteiger partial charge in [0.1, 0.15) is 6.04 Å². The van der Waals surface area contributed by atoms with Gasteiger partial charge in [-0.05, 0) is 25.8 Å². The Hall–Kier alpha value is -1.84. The predicted molar refractivity (Wildman–Crippen MR) is 107 cm³/mol. The van der Waals surface area contributed by atoms with Crippen molar-refractivity contribution >= 4 is 17.5 Å². The van der Waals surface area contributed by atoms with Crippen molar-refractivity contribution in [2.45, 2.75) is 85.1 Å². The van der Waals surface area contributed by atoms with Crippen molar-refractivity contribution in [2.24, 2.45) is 0 Å². The van der Waals surface area contributed by atoms with Gasteiger partial charge in [0, 0.05) is 19.0 Å². The Morgan fingerprint density at radius 3 is 2.27 bits per heavy atom. The lowest BCUT2D eigenvalue weighted by atomic mass is 10.0. The molecule has 0 spiro atoms. The standard InChI is InChI=1S/C22H34N2O2/c1-5-6-7-8-9-10-11-12-13-24-21-17(3)14-16(2)15-19(21)20(22(24)26)23-18(4)25/h14-15,20H,5-13H2,1-4H3,(H,23,25). The molecule has 4 nitrogen and oxygen atoms in total. The van der Waals surface area contributed by atoms with E-state index in [-0.39, 0.29) is 11.8 Å². The molecular weight excluding hydrogens is 324 g/mol. The predicted octanol–water partition coefficient (Wildman–Crippen LogP) is 4.97. The van der Waals surface area contributed by atoms with Gasteiger partial charge in [0.25, 0.3) is 5.91 Å². The smallest absolute Gasteiger partial charge is 0.254 e. The van der Waals surface area contributed by atoms with Crippen LogP contribution in [0.25, 0.3) is 0 Å². The number of nitrogens with one attached hydrogen (secondary N) is 1. The van der Waals surface area contributed by atoms with Crippen LogP contribution in [0.5, 0.6) is 0 Å². The first-order valence-electron chi connectivity index (χ1n) is 10.1. The highest BCUT2D eigenvalue weighted by Crippen LogP contribution is 2.39. The van der Waals surface area contributed by atoms with E-state index in [4.69, 9.17) is 0 Å². The molecule has 1 aliphatic heterocycles. The van der Waals surface area contributed by atoms with Gasteiger partial charge in [-0.25, -0.2) is 0 Å². The van der Waals surface area contributed by atoms with Gasteiger partial charge in [0.15, 0.2) is 0 Å². The summed E-state index contributed by atoms with van der Waals surface area (Å²) < 4.78 is 0. The Balaban J connectivity index is 1.97. The molecule has 2 rings (SSSR count). The fraction of sp³-hybridized carbons (Fsp3) is 0.636. The number of nitrogens with zero attached hydrogens (tertiary/aromatic N) is 1. The molecule has 0 aromatic heterocycles. The van der Waals surface area contributed by atoms with Crippen molar-refractivity contribution in [3.63, 3.8) is 0 Å². The van der Waals surface area contributed by atoms with Gasteiger partial charge in [-0.3, -0.25) is 9.59 Å². The molecule has 26 heavy (non-hydrogen) atoms. The van der Waals surface area contributed by atoms with Crippen LogP contribution in [-0.2, 0) is 9.59 Å². The van der Waals surface area contributed by atoms with E-state index in [9.17, 15) is 9.59 Å². The van der Waals surface area contributed by atoms with Crippen LogP contribution in [0.4, 0.5) is 5.69 Å². The maximum absolute atomic E-state index is 12.9. The third-order valence-corrected chi connectivity index (χ3v) is 5.15. The fourth-order valence-corrected chi connectivity index (χ4v) is 3.95. The molecule has 2 amide bonds. The Morgan fingerprint density at radius 1 is 1.04 bits per heavy atom. The van der Waals surface area contributed by atoms with Crippen molar-refractivity contribution in [3.05, 3.63) is 28.8 Å². The number of fused-ring (bicyclic) bond motifs is 1. The molecule has 1 aliphatic rings. The number of hydrogen-bond donors (Lipinski definition) is 1. The molecule has 0 fully saturated rings. The van der Waals surface area contributed by atoms with E-state index in [2.05, 4.69) is 25.2 Å². The highest BCUT2D eigenvalue weighted by Gasteiger charge is 2.38. The summed E-state index contributed by atoms with van der Waals surface area (Å²) >= 11 is 0. The second-order valence-electron chi connectivity index (χ2n) is 7.62. The lowest BCUT2D eigenvalue weighted by molar-refractivity contribution is -0.126. The highest BCUT2D eigenvalue weighted by atomic mass is 16.2. The number of unbranched alkanes of at least 4 members (excludes halogenated alkanes) is 7. The van der Waals surface area contributed by atoms with Gasteiger partial charge >= 0.3 is 0 Å². The second-order valence-corrected chi connectivity index (χ2v) is 7.62. The summed E-state index contributed by atoms with van der Waals surface area (Å²) in [6.07, 6.45) is 9.97. The maximum atomic E-state index is 12.9. The Labute approximate surface area is 158 Å². The SMILES string of the molecule is CCCCCCCCCCN1C(=O)C(NC(C)=O)c2cc(C)cc(C)c21. The first-order valence-corrected chi connectivity index (χ1v) is 10.1. The first-order chi connectivity index (χ1) is 12.5. The third-order valence-electron chi connectivity index (χ3n) is 5.15. The zero-order valence-electron chi connectivity index (χ0n) is 16.9. The van der Waals surface area contributed by atoms with Crippen molar-refractivity contribution in [1.29, 1.82) is 0 Å². The molecule has 0 radical (unpaired) electrons. The Bertz CT molecular complexity index is 639. The zero-order valence-corrected chi connectivity index (χ0v) is 16.9. The van der Waals surface area contributed by atoms with Crippen LogP contribution >= 0.6 is 0 Å². The van der Waals surface area contributed by atoms with E-state index < -0.39 is 6.04 Å². The monoisotopic (exact) mass is 358 g/mol. The van der Waals surface area contributed by atoms with E-state index in [1.54, 1.807) is 0 Å². The molecule has 0 saturated carbocycles. The van der Waals surface area contributed by atoms with Gasteiger partial charge in [-0.2, -0.15) is 0 Å². The summed E-state index contributed by atoms with van der Waals surface area (Å²) in [6.45, 7) is 8.53. The average molecular weight is 359 g/mol. The minimum Gasteiger partial charge on any atom is -0.341 e. The highest BCUT2D eigenvalue weighted by molar-refractivity contribution is 6.06. The molecular formula is C22H34N2O2. The lowest BCUT2D eigenvalue weighted by Gasteiger charge is -2.20. The summed E-state index contributed by atoms with van der Waals surface area (Å²) in [5.74, 6) is -0.158. The summed E-state index contributed by atoms with van der Waals surface area (Å²) in [6, 6.07) is 3.62. The van der Waals surface area contributed by atoms with E-state index >= 15 is 0 Å². The fourth-order valence-electron chi connectivity index (χ4n) is 3.95. The minimum absolute atomic E-state index is 0.00634. The number of carbonyl (C=O) groups is 2. The number of carbonyl (C=O) groups excluding carboxylic acids is 2. The van der Waals surface area contributed by atoms with Crippen molar-refractivity contribution < 1.29 is 9.59 Å². The first kappa shape index (κ1) is 20.5. The summed E-state index contributed by atoms with van der Waals surface area (Å²) in [4.78, 5) is 26.4. The third kappa shape index (κ3) is 5.09. The molecule has 0 aliphatic carbocycles. The van der Waals surface area contributed by atoms with E-state index in [0.29, 0.717) is 0 Å². The number of anilines is 1. The number of amides is 2. The number of hydrogen-bond acceptors (Lipinski definition) is 2. The summed E-state index contributed by atoms with van der Waals surface area (Å²) in [7, 11) is 0. The van der Waals surface area contributed by atoms with Crippen LogP contribution in [0.2, 0.25) is 0 Å². The van der Waals surface area contributed by atoms with Gasteiger partial charge in [0.2, 0.25) is 5.91 Å². The Morgan fingerprint density at radius 2 is 1.65 bits per heavy atom. The lowest BCUT2D eigenvalue weighted by Crippen LogP contribution is -2.37. The van der Waals surface area contributed by atoms with E-state index in [1.165, 1.54) is 45.4 Å². The molecule has 1 N–H and O–H groups in total. The molecule has 1 unspecified atom stereocenters. The molecule has 1 atom stereocenters. The van der Waals surface area contributed by atoms with Crippen LogP contribution < -0.4 is 10.2 Å². The van der Waals surface area contributed by atoms with Crippen molar-refractivity contribution in [3.8, 4) is 0 Å². The normalized spacial score (nSPS) is 16.1. The Kier molecular flexibility index (Phi) is 7.67. The van der Waals surface area contributed by atoms with E-state index in [1.807, 2.05) is 17.9 Å². The topological polar surface area (TPSA) is 49.4 Å². The molecule has 0 saturated heterocycles. The molecule has 144 valence electrons. The van der Waals surface area contributed by atoms with Crippen molar-refractivity contribution in [2.75, 3.05) is 11.4 Å². The number of benzene rings is 1. The second kappa shape index (κ2) is 9.75. The molecule has 4 heteroatoms. The molecule has 1 aromatic carbocycles. The largest absolute Gasteiger partial charge is 0.341 e. The van der Waals surface area contributed by atoms with Gasteiger partial charge in [-0.1, -0.05) is 69.6 Å². The molecule has 1 heterocycles. The van der Waals surface area contributed by atoms with Crippen LogP contribution in [0.15, 0.2) is 12.1 Å². The van der Waals surface area contributed by atoms with Crippen LogP contribution in [0.1, 0.15) is 87.9 Å². The van der Waals surface area contributed by atoms with E-state index in [0.717, 1.165) is 41.8 Å². The summed E-state index contributed by atoms with van der Waals surface area (Å²) in [5.41, 5.74) is 4.18. The quantitative estimate of drug-likeness (QED) is 0.600. The van der Waals surface area contributed by atoms with Gasteiger partial charge < -0.3 is 10.2 Å².